The summed E-state index contributed by atoms with van der Waals surface area (Å²) < 4.78 is 0. The molecule has 1 aromatic carbocycles. The van der Waals surface area contributed by atoms with Crippen LogP contribution >= 0.6 is 0 Å². The molecule has 0 aliphatic rings. The van der Waals surface area contributed by atoms with Gasteiger partial charge in [0.2, 0.25) is 0 Å². The molecular formula is C17H28O. The van der Waals surface area contributed by atoms with Gasteiger partial charge in [0.1, 0.15) is 5.75 Å². The Morgan fingerprint density at radius 2 is 1.56 bits per heavy atom. The van der Waals surface area contributed by atoms with E-state index in [-0.39, 0.29) is 0 Å². The number of hydrogen-bond donors (Lipinski definition) is 1. The molecule has 0 radical (unpaired) electrons. The van der Waals surface area contributed by atoms with E-state index >= 15 is 0 Å². The number of aryl methyl sites for hydroxylation is 2. The minimum atomic E-state index is 0.471. The lowest BCUT2D eigenvalue weighted by molar-refractivity contribution is 0.465. The van der Waals surface area contributed by atoms with Crippen molar-refractivity contribution in [2.75, 3.05) is 0 Å². The molecule has 0 heterocycles. The Hall–Kier alpha value is -0.980. The largest absolute Gasteiger partial charge is 0.508 e. The molecule has 1 rings (SSSR count). The summed E-state index contributed by atoms with van der Waals surface area (Å²) in [6, 6.07) is 6.02. The first-order chi connectivity index (χ1) is 8.77. The molecule has 1 heteroatoms. The van der Waals surface area contributed by atoms with Crippen LogP contribution in [-0.4, -0.2) is 5.11 Å². The van der Waals surface area contributed by atoms with Crippen LogP contribution in [0, 0.1) is 0 Å². The number of phenols is 1. The fourth-order valence-corrected chi connectivity index (χ4v) is 2.33. The van der Waals surface area contributed by atoms with Crippen LogP contribution in [0.4, 0.5) is 0 Å². The normalized spacial score (nSPS) is 10.8. The fraction of sp³-hybridized carbons (Fsp3) is 0.647. The Kier molecular flexibility index (Phi) is 7.55. The van der Waals surface area contributed by atoms with Gasteiger partial charge in [-0.25, -0.2) is 0 Å². The zero-order valence-electron chi connectivity index (χ0n) is 12.0. The molecule has 0 aliphatic heterocycles. The van der Waals surface area contributed by atoms with Crippen LogP contribution in [-0.2, 0) is 12.8 Å². The van der Waals surface area contributed by atoms with Gasteiger partial charge in [0.15, 0.2) is 0 Å². The van der Waals surface area contributed by atoms with Crippen molar-refractivity contribution >= 4 is 0 Å². The van der Waals surface area contributed by atoms with Crippen LogP contribution in [0.5, 0.6) is 5.75 Å². The van der Waals surface area contributed by atoms with Gasteiger partial charge in [-0.15, -0.1) is 0 Å². The Morgan fingerprint density at radius 3 is 2.22 bits per heavy atom. The Morgan fingerprint density at radius 1 is 0.889 bits per heavy atom. The predicted octanol–water partition coefficient (Wildman–Crippen LogP) is 5.25. The van der Waals surface area contributed by atoms with Gasteiger partial charge in [-0.1, -0.05) is 64.5 Å². The molecule has 0 saturated heterocycles. The average molecular weight is 248 g/mol. The monoisotopic (exact) mass is 248 g/mol. The standard InChI is InChI=1S/C17H28O/c1-3-5-6-7-8-9-10-11-16-14-15(4-2)12-13-17(16)18/h12-14,18H,3-11H2,1-2H3. The summed E-state index contributed by atoms with van der Waals surface area (Å²) in [5, 5.41) is 9.80. The molecule has 0 aliphatic carbocycles. The van der Waals surface area contributed by atoms with Gasteiger partial charge in [0.25, 0.3) is 0 Å². The second kappa shape index (κ2) is 9.02. The highest BCUT2D eigenvalue weighted by Gasteiger charge is 2.02. The molecule has 0 fully saturated rings. The predicted molar refractivity (Wildman–Crippen MR) is 79.2 cm³/mol. The molecule has 0 spiro atoms. The summed E-state index contributed by atoms with van der Waals surface area (Å²) in [4.78, 5) is 0. The summed E-state index contributed by atoms with van der Waals surface area (Å²) in [6.07, 6.45) is 11.3. The molecule has 0 unspecified atom stereocenters. The number of hydrogen-bond acceptors (Lipinski definition) is 1. The maximum absolute atomic E-state index is 9.80. The molecule has 0 saturated carbocycles. The number of rotatable bonds is 9. The van der Waals surface area contributed by atoms with Crippen LogP contribution in [0.25, 0.3) is 0 Å². The summed E-state index contributed by atoms with van der Waals surface area (Å²) in [6.45, 7) is 4.41. The van der Waals surface area contributed by atoms with Crippen molar-refractivity contribution in [2.45, 2.75) is 71.6 Å². The Bertz CT molecular complexity index is 330. The lowest BCUT2D eigenvalue weighted by Crippen LogP contribution is -1.90. The van der Waals surface area contributed by atoms with Crippen molar-refractivity contribution in [3.63, 3.8) is 0 Å². The second-order valence-electron chi connectivity index (χ2n) is 5.19. The van der Waals surface area contributed by atoms with Crippen LogP contribution < -0.4 is 0 Å². The van der Waals surface area contributed by atoms with Gasteiger partial charge >= 0.3 is 0 Å². The van der Waals surface area contributed by atoms with Crippen molar-refractivity contribution in [2.24, 2.45) is 0 Å². The highest BCUT2D eigenvalue weighted by molar-refractivity contribution is 5.36. The minimum Gasteiger partial charge on any atom is -0.508 e. The first-order valence-corrected chi connectivity index (χ1v) is 7.58. The van der Waals surface area contributed by atoms with Crippen LogP contribution in [0.15, 0.2) is 18.2 Å². The first kappa shape index (κ1) is 15.1. The van der Waals surface area contributed by atoms with Crippen molar-refractivity contribution in [3.05, 3.63) is 29.3 Å². The maximum Gasteiger partial charge on any atom is 0.118 e. The molecule has 0 bridgehead atoms. The van der Waals surface area contributed by atoms with Gasteiger partial charge in [-0.2, -0.15) is 0 Å². The zero-order chi connectivity index (χ0) is 13.2. The van der Waals surface area contributed by atoms with E-state index in [1.54, 1.807) is 0 Å². The second-order valence-corrected chi connectivity index (χ2v) is 5.19. The van der Waals surface area contributed by atoms with E-state index in [0.29, 0.717) is 5.75 Å². The number of unbranched alkanes of at least 4 members (excludes halogenated alkanes) is 6. The first-order valence-electron chi connectivity index (χ1n) is 7.58. The minimum absolute atomic E-state index is 0.471. The lowest BCUT2D eigenvalue weighted by atomic mass is 10.0. The molecule has 1 nitrogen and oxygen atoms in total. The number of benzene rings is 1. The molecule has 18 heavy (non-hydrogen) atoms. The Balaban J connectivity index is 2.22. The van der Waals surface area contributed by atoms with Crippen LogP contribution in [0.1, 0.15) is 69.9 Å². The van der Waals surface area contributed by atoms with Crippen LogP contribution in [0.3, 0.4) is 0 Å². The number of phenolic OH excluding ortho intramolecular Hbond substituents is 1. The highest BCUT2D eigenvalue weighted by Crippen LogP contribution is 2.21. The third kappa shape index (κ3) is 5.57. The highest BCUT2D eigenvalue weighted by atomic mass is 16.3. The van der Waals surface area contributed by atoms with Gasteiger partial charge in [0.05, 0.1) is 0 Å². The molecular weight excluding hydrogens is 220 g/mol. The van der Waals surface area contributed by atoms with E-state index in [1.165, 1.54) is 50.5 Å². The van der Waals surface area contributed by atoms with Gasteiger partial charge in [0, 0.05) is 0 Å². The van der Waals surface area contributed by atoms with Crippen molar-refractivity contribution in [3.8, 4) is 5.75 Å². The van der Waals surface area contributed by atoms with Crippen LogP contribution in [0.2, 0.25) is 0 Å². The van der Waals surface area contributed by atoms with E-state index in [1.807, 2.05) is 12.1 Å². The number of aromatic hydroxyl groups is 1. The molecule has 1 aromatic rings. The summed E-state index contributed by atoms with van der Waals surface area (Å²) in [5.41, 5.74) is 2.45. The van der Waals surface area contributed by atoms with Gasteiger partial charge in [-0.3, -0.25) is 0 Å². The van der Waals surface area contributed by atoms with Gasteiger partial charge in [-0.05, 0) is 36.5 Å². The maximum atomic E-state index is 9.80. The van der Waals surface area contributed by atoms with E-state index in [4.69, 9.17) is 0 Å². The van der Waals surface area contributed by atoms with Crippen molar-refractivity contribution in [1.82, 2.24) is 0 Å². The van der Waals surface area contributed by atoms with E-state index in [2.05, 4.69) is 19.9 Å². The topological polar surface area (TPSA) is 20.2 Å². The third-order valence-electron chi connectivity index (χ3n) is 3.60. The summed E-state index contributed by atoms with van der Waals surface area (Å²) in [5.74, 6) is 0.471. The SMILES string of the molecule is CCCCCCCCCc1cc(CC)ccc1O. The molecule has 102 valence electrons. The van der Waals surface area contributed by atoms with Crippen molar-refractivity contribution < 1.29 is 5.11 Å². The average Bonchev–Trinajstić information content (AvgIpc) is 2.39. The molecule has 1 N–H and O–H groups in total. The fourth-order valence-electron chi connectivity index (χ4n) is 2.33. The smallest absolute Gasteiger partial charge is 0.118 e. The molecule has 0 aromatic heterocycles. The van der Waals surface area contributed by atoms with E-state index in [9.17, 15) is 5.11 Å². The summed E-state index contributed by atoms with van der Waals surface area (Å²) in [7, 11) is 0. The quantitative estimate of drug-likeness (QED) is 0.592. The van der Waals surface area contributed by atoms with E-state index in [0.717, 1.165) is 18.4 Å². The zero-order valence-corrected chi connectivity index (χ0v) is 12.0. The van der Waals surface area contributed by atoms with E-state index < -0.39 is 0 Å². The summed E-state index contributed by atoms with van der Waals surface area (Å²) >= 11 is 0. The lowest BCUT2D eigenvalue weighted by Gasteiger charge is -2.07. The molecule has 0 amide bonds. The molecule has 0 atom stereocenters. The Labute approximate surface area is 112 Å². The third-order valence-corrected chi connectivity index (χ3v) is 3.60. The van der Waals surface area contributed by atoms with Gasteiger partial charge < -0.3 is 5.11 Å². The van der Waals surface area contributed by atoms with Crippen molar-refractivity contribution in [1.29, 1.82) is 0 Å².